The van der Waals surface area contributed by atoms with Crippen molar-refractivity contribution in [3.8, 4) is 0 Å². The smallest absolute Gasteiger partial charge is 0.0411 e. The molecule has 0 bridgehead atoms. The summed E-state index contributed by atoms with van der Waals surface area (Å²) in [5.41, 5.74) is 11.8. The second-order valence-electron chi connectivity index (χ2n) is 7.50. The standard InChI is InChI=1S/C23H32N2S/c1-2-5-22(16-24)21-10-9-19-14-18(7-8-20(19)15-21)17-26-13-11-23-6-3-4-12-25-23/h3-4,6,9-10,12,15,18,22H,2,5,7-8,11,13-14,16-17,24H2,1H3. The number of benzene rings is 1. The fraction of sp³-hybridized carbons (Fsp3) is 0.522. The lowest BCUT2D eigenvalue weighted by molar-refractivity contribution is 0.508. The summed E-state index contributed by atoms with van der Waals surface area (Å²) in [4.78, 5) is 4.41. The summed E-state index contributed by atoms with van der Waals surface area (Å²) < 4.78 is 0. The summed E-state index contributed by atoms with van der Waals surface area (Å²) in [5.74, 6) is 3.80. The number of nitrogens with zero attached hydrogens (tertiary/aromatic N) is 1. The maximum atomic E-state index is 5.99. The van der Waals surface area contributed by atoms with Gasteiger partial charge in [0.05, 0.1) is 0 Å². The Kier molecular flexibility index (Phi) is 7.57. The fourth-order valence-electron chi connectivity index (χ4n) is 3.99. The average Bonchev–Trinajstić information content (AvgIpc) is 2.70. The number of pyridine rings is 1. The minimum absolute atomic E-state index is 0.533. The largest absolute Gasteiger partial charge is 0.330 e. The first-order valence-electron chi connectivity index (χ1n) is 10.1. The lowest BCUT2D eigenvalue weighted by Gasteiger charge is -2.26. The van der Waals surface area contributed by atoms with Crippen molar-refractivity contribution in [2.24, 2.45) is 11.7 Å². The summed E-state index contributed by atoms with van der Waals surface area (Å²) in [7, 11) is 0. The van der Waals surface area contributed by atoms with Gasteiger partial charge in [-0.1, -0.05) is 37.6 Å². The summed E-state index contributed by atoms with van der Waals surface area (Å²) >= 11 is 2.09. The van der Waals surface area contributed by atoms with E-state index in [1.54, 1.807) is 11.1 Å². The van der Waals surface area contributed by atoms with E-state index in [9.17, 15) is 0 Å². The van der Waals surface area contributed by atoms with E-state index in [2.05, 4.69) is 54.0 Å². The Labute approximate surface area is 163 Å². The average molecular weight is 369 g/mol. The Morgan fingerprint density at radius 1 is 1.23 bits per heavy atom. The molecule has 2 unspecified atom stereocenters. The van der Waals surface area contributed by atoms with Gasteiger partial charge in [0.25, 0.3) is 0 Å². The van der Waals surface area contributed by atoms with E-state index in [1.807, 2.05) is 12.3 Å². The molecule has 0 fully saturated rings. The molecule has 3 rings (SSSR count). The Bertz CT molecular complexity index is 671. The molecule has 2 atom stereocenters. The molecule has 1 aliphatic rings. The summed E-state index contributed by atoms with van der Waals surface area (Å²) in [6.07, 6.45) is 9.18. The first kappa shape index (κ1) is 19.4. The number of hydrogen-bond acceptors (Lipinski definition) is 3. The van der Waals surface area contributed by atoms with Crippen LogP contribution in [0.15, 0.2) is 42.6 Å². The number of nitrogens with two attached hydrogens (primary N) is 1. The highest BCUT2D eigenvalue weighted by Gasteiger charge is 2.20. The molecule has 1 heterocycles. The minimum atomic E-state index is 0.533. The van der Waals surface area contributed by atoms with Crippen LogP contribution in [0, 0.1) is 5.92 Å². The molecule has 0 spiro atoms. The molecule has 1 aromatic heterocycles. The minimum Gasteiger partial charge on any atom is -0.330 e. The summed E-state index contributed by atoms with van der Waals surface area (Å²) in [6.45, 7) is 3.01. The summed E-state index contributed by atoms with van der Waals surface area (Å²) in [5, 5.41) is 0. The van der Waals surface area contributed by atoms with Crippen molar-refractivity contribution in [3.05, 3.63) is 65.0 Å². The Morgan fingerprint density at radius 2 is 2.15 bits per heavy atom. The van der Waals surface area contributed by atoms with Crippen LogP contribution < -0.4 is 5.73 Å². The van der Waals surface area contributed by atoms with Crippen LogP contribution in [-0.2, 0) is 19.3 Å². The quantitative estimate of drug-likeness (QED) is 0.633. The van der Waals surface area contributed by atoms with Crippen LogP contribution in [0.3, 0.4) is 0 Å². The zero-order valence-electron chi connectivity index (χ0n) is 16.0. The van der Waals surface area contributed by atoms with Gasteiger partial charge in [0.2, 0.25) is 0 Å². The molecule has 0 aliphatic heterocycles. The van der Waals surface area contributed by atoms with Gasteiger partial charge >= 0.3 is 0 Å². The highest BCUT2D eigenvalue weighted by molar-refractivity contribution is 7.99. The Morgan fingerprint density at radius 3 is 2.92 bits per heavy atom. The monoisotopic (exact) mass is 368 g/mol. The van der Waals surface area contributed by atoms with Crippen molar-refractivity contribution in [2.45, 2.75) is 51.4 Å². The number of aryl methyl sites for hydroxylation is 2. The van der Waals surface area contributed by atoms with E-state index in [1.165, 1.54) is 54.9 Å². The van der Waals surface area contributed by atoms with Crippen LogP contribution >= 0.6 is 11.8 Å². The SMILES string of the molecule is CCCC(CN)c1ccc2c(c1)CCC(CSCCc1ccccn1)C2. The van der Waals surface area contributed by atoms with Crippen molar-refractivity contribution in [2.75, 3.05) is 18.1 Å². The van der Waals surface area contributed by atoms with Crippen molar-refractivity contribution >= 4 is 11.8 Å². The van der Waals surface area contributed by atoms with Gasteiger partial charge in [-0.3, -0.25) is 4.98 Å². The number of thioether (sulfide) groups is 1. The van der Waals surface area contributed by atoms with E-state index in [0.717, 1.165) is 18.9 Å². The van der Waals surface area contributed by atoms with Gasteiger partial charge in [-0.25, -0.2) is 0 Å². The molecule has 140 valence electrons. The van der Waals surface area contributed by atoms with E-state index in [-0.39, 0.29) is 0 Å². The highest BCUT2D eigenvalue weighted by atomic mass is 32.2. The molecule has 2 nitrogen and oxygen atoms in total. The Hall–Kier alpha value is -1.32. The number of hydrogen-bond donors (Lipinski definition) is 1. The molecule has 1 aliphatic carbocycles. The molecule has 1 aromatic carbocycles. The van der Waals surface area contributed by atoms with Crippen LogP contribution in [0.1, 0.15) is 54.5 Å². The highest BCUT2D eigenvalue weighted by Crippen LogP contribution is 2.31. The van der Waals surface area contributed by atoms with Crippen LogP contribution in [0.2, 0.25) is 0 Å². The molecule has 0 amide bonds. The van der Waals surface area contributed by atoms with Crippen molar-refractivity contribution in [1.82, 2.24) is 4.98 Å². The van der Waals surface area contributed by atoms with Crippen molar-refractivity contribution in [3.63, 3.8) is 0 Å². The van der Waals surface area contributed by atoms with Crippen LogP contribution in [0.4, 0.5) is 0 Å². The molecule has 2 aromatic rings. The third-order valence-electron chi connectivity index (χ3n) is 5.54. The molecule has 3 heteroatoms. The topological polar surface area (TPSA) is 38.9 Å². The van der Waals surface area contributed by atoms with Gasteiger partial charge in [-0.05, 0) is 90.8 Å². The first-order valence-corrected chi connectivity index (χ1v) is 11.2. The number of aromatic nitrogens is 1. The zero-order chi connectivity index (χ0) is 18.2. The fourth-order valence-corrected chi connectivity index (χ4v) is 5.13. The molecule has 0 radical (unpaired) electrons. The van der Waals surface area contributed by atoms with Crippen molar-refractivity contribution < 1.29 is 0 Å². The van der Waals surface area contributed by atoms with Gasteiger partial charge in [-0.15, -0.1) is 0 Å². The maximum Gasteiger partial charge on any atom is 0.0411 e. The second kappa shape index (κ2) is 10.1. The molecule has 26 heavy (non-hydrogen) atoms. The van der Waals surface area contributed by atoms with Gasteiger partial charge in [-0.2, -0.15) is 11.8 Å². The maximum absolute atomic E-state index is 5.99. The predicted molar refractivity (Wildman–Crippen MR) is 114 cm³/mol. The lowest BCUT2D eigenvalue weighted by Crippen LogP contribution is -2.18. The molecular weight excluding hydrogens is 336 g/mol. The van der Waals surface area contributed by atoms with E-state index >= 15 is 0 Å². The number of rotatable bonds is 9. The molecule has 0 saturated carbocycles. The van der Waals surface area contributed by atoms with Crippen LogP contribution in [0.5, 0.6) is 0 Å². The van der Waals surface area contributed by atoms with Crippen molar-refractivity contribution in [1.29, 1.82) is 0 Å². The normalized spacial score (nSPS) is 17.7. The molecule has 0 saturated heterocycles. The van der Waals surface area contributed by atoms with E-state index in [4.69, 9.17) is 5.73 Å². The second-order valence-corrected chi connectivity index (χ2v) is 8.65. The third kappa shape index (κ3) is 5.34. The van der Waals surface area contributed by atoms with Crippen LogP contribution in [-0.4, -0.2) is 23.0 Å². The third-order valence-corrected chi connectivity index (χ3v) is 6.74. The predicted octanol–water partition coefficient (Wildman–Crippen LogP) is 5.00. The van der Waals surface area contributed by atoms with Gasteiger partial charge in [0.15, 0.2) is 0 Å². The lowest BCUT2D eigenvalue weighted by atomic mass is 9.82. The van der Waals surface area contributed by atoms with Gasteiger partial charge < -0.3 is 5.73 Å². The van der Waals surface area contributed by atoms with E-state index in [0.29, 0.717) is 5.92 Å². The zero-order valence-corrected chi connectivity index (χ0v) is 16.8. The van der Waals surface area contributed by atoms with E-state index < -0.39 is 0 Å². The van der Waals surface area contributed by atoms with Gasteiger partial charge in [0.1, 0.15) is 0 Å². The number of fused-ring (bicyclic) bond motifs is 1. The van der Waals surface area contributed by atoms with Crippen LogP contribution in [0.25, 0.3) is 0 Å². The Balaban J connectivity index is 1.48. The molecule has 2 N–H and O–H groups in total. The summed E-state index contributed by atoms with van der Waals surface area (Å²) in [6, 6.07) is 13.4. The molecular formula is C23H32N2S. The van der Waals surface area contributed by atoms with Gasteiger partial charge in [0, 0.05) is 11.9 Å². The first-order chi connectivity index (χ1) is 12.8.